The van der Waals surface area contributed by atoms with E-state index < -0.39 is 95.6 Å². The fourth-order valence-corrected chi connectivity index (χ4v) is 11.2. The second kappa shape index (κ2) is 26.6. The van der Waals surface area contributed by atoms with Crippen LogP contribution in [0.2, 0.25) is 0 Å². The Morgan fingerprint density at radius 1 is 0.655 bits per heavy atom. The van der Waals surface area contributed by atoms with Gasteiger partial charge in [-0.3, -0.25) is 13.9 Å². The molecule has 2 aliphatic rings. The first-order valence-corrected chi connectivity index (χ1v) is 27.9. The third-order valence-corrected chi connectivity index (χ3v) is 15.6. The quantitative estimate of drug-likeness (QED) is 0.0181. The van der Waals surface area contributed by atoms with Gasteiger partial charge in [0.2, 0.25) is 5.72 Å². The number of nitrogens with zero attached hydrogens (tertiary/aromatic N) is 10. The highest BCUT2D eigenvalue weighted by Crippen LogP contribution is 2.51. The lowest BCUT2D eigenvalue weighted by molar-refractivity contribution is -0.168. The minimum absolute atomic E-state index is 0.0413. The van der Waals surface area contributed by atoms with E-state index in [1.807, 2.05) is 177 Å². The number of hydrogen-bond donors (Lipinski definition) is 4. The molecule has 2 aromatic heterocycles. The van der Waals surface area contributed by atoms with Crippen LogP contribution in [0.3, 0.4) is 0 Å². The van der Waals surface area contributed by atoms with Gasteiger partial charge in [-0.25, -0.2) is 9.59 Å². The average Bonchev–Trinajstić information content (AvgIpc) is 1.86. The second-order valence-corrected chi connectivity index (χ2v) is 21.2. The van der Waals surface area contributed by atoms with Gasteiger partial charge in [0.1, 0.15) is 59.4 Å². The minimum Gasteiger partial charge on any atom is -0.497 e. The molecule has 5 N–H and O–H groups in total. The molecule has 0 amide bonds. The van der Waals surface area contributed by atoms with Crippen molar-refractivity contribution in [3.8, 4) is 11.5 Å². The van der Waals surface area contributed by atoms with E-state index in [9.17, 15) is 30.1 Å². The molecule has 23 heteroatoms. The highest BCUT2D eigenvalue weighted by atomic mass is 16.6. The third kappa shape index (κ3) is 12.2. The summed E-state index contributed by atoms with van der Waals surface area (Å²) in [4.78, 5) is 52.2. The Balaban J connectivity index is 0.000000302. The number of aliphatic hydroxyl groups is 2. The van der Waals surface area contributed by atoms with E-state index in [4.69, 9.17) is 39.7 Å². The Labute approximate surface area is 500 Å². The first kappa shape index (κ1) is 61.7. The van der Waals surface area contributed by atoms with Crippen LogP contribution in [0.1, 0.15) is 73.5 Å². The average molecular weight is 1180 g/mol. The first-order valence-electron chi connectivity index (χ1n) is 27.9. The molecule has 6 aromatic carbocycles. The number of rotatable bonds is 20. The summed E-state index contributed by atoms with van der Waals surface area (Å²) in [6.07, 6.45) is -1.51. The first-order chi connectivity index (χ1) is 42.0. The van der Waals surface area contributed by atoms with Crippen LogP contribution in [0.25, 0.3) is 20.9 Å². The van der Waals surface area contributed by atoms with E-state index >= 15 is 0 Å². The van der Waals surface area contributed by atoms with Crippen LogP contribution in [0, 0.1) is 17.8 Å². The molecule has 448 valence electrons. The van der Waals surface area contributed by atoms with Crippen LogP contribution < -0.4 is 31.9 Å². The van der Waals surface area contributed by atoms with Crippen LogP contribution in [0.15, 0.2) is 214 Å². The number of methoxy groups -OCH3 is 2. The summed E-state index contributed by atoms with van der Waals surface area (Å²) in [5.41, 5.74) is 21.9. The number of carbonyl (C=O) groups is 1. The SMILES string of the molecule is CC(C)C(=O)OC[C@@]1(N=[N+]=[N-])O[C@@H](n2ccc(N)nc2=O)[C@@H](C)[C@@H]1O.COc1ccc(C(Nc2ccn([C@@H]3O[C@@](CO)(N=[N+]=[N-])[C@@H](OC(c4ccccc4)(c4ccccc4)c4ccc(OC)cc4)[C@@H]3C)c(=O)n2)(c2ccccc2)c2ccccc2)cc1. The Kier molecular flexibility index (Phi) is 18.9. The zero-order valence-electron chi connectivity index (χ0n) is 48.5. The van der Waals surface area contributed by atoms with Crippen molar-refractivity contribution in [2.45, 2.75) is 74.9 Å². The molecule has 0 spiro atoms. The van der Waals surface area contributed by atoms with Crippen LogP contribution in [-0.2, 0) is 34.9 Å². The molecule has 23 nitrogen and oxygen atoms in total. The molecule has 2 saturated heterocycles. The largest absolute Gasteiger partial charge is 0.497 e. The maximum absolute atomic E-state index is 14.4. The van der Waals surface area contributed by atoms with Gasteiger partial charge in [-0.1, -0.05) is 184 Å². The number of anilines is 2. The molecule has 0 saturated carbocycles. The van der Waals surface area contributed by atoms with Crippen molar-refractivity contribution < 1.29 is 43.4 Å². The van der Waals surface area contributed by atoms with Gasteiger partial charge in [0.05, 0.1) is 32.8 Å². The molecule has 8 atom stereocenters. The van der Waals surface area contributed by atoms with E-state index in [-0.39, 0.29) is 5.82 Å². The monoisotopic (exact) mass is 1180 g/mol. The molecule has 87 heavy (non-hydrogen) atoms. The Morgan fingerprint density at radius 3 is 1.54 bits per heavy atom. The zero-order valence-corrected chi connectivity index (χ0v) is 48.5. The highest BCUT2D eigenvalue weighted by molar-refractivity contribution is 5.71. The second-order valence-electron chi connectivity index (χ2n) is 21.2. The van der Waals surface area contributed by atoms with Crippen molar-refractivity contribution in [3.63, 3.8) is 0 Å². The van der Waals surface area contributed by atoms with Crippen LogP contribution in [0.5, 0.6) is 11.5 Å². The molecule has 4 heterocycles. The lowest BCUT2D eigenvalue weighted by atomic mass is 9.77. The fourth-order valence-electron chi connectivity index (χ4n) is 11.2. The van der Waals surface area contributed by atoms with Gasteiger partial charge in [-0.05, 0) is 80.8 Å². The van der Waals surface area contributed by atoms with E-state index in [0.29, 0.717) is 17.3 Å². The molecular weight excluding hydrogens is 1110 g/mol. The predicted octanol–water partition coefficient (Wildman–Crippen LogP) is 9.76. The number of aromatic nitrogens is 4. The Morgan fingerprint density at radius 2 is 1.08 bits per heavy atom. The molecule has 2 aliphatic heterocycles. The number of azide groups is 2. The summed E-state index contributed by atoms with van der Waals surface area (Å²) in [5.74, 6) is -0.591. The van der Waals surface area contributed by atoms with Crippen molar-refractivity contribution in [2.24, 2.45) is 28.0 Å². The lowest BCUT2D eigenvalue weighted by Crippen LogP contribution is -2.49. The molecule has 2 fully saturated rings. The molecular formula is C64H66N12O11. The summed E-state index contributed by atoms with van der Waals surface area (Å²) >= 11 is 0. The molecule has 0 radical (unpaired) electrons. The van der Waals surface area contributed by atoms with E-state index in [1.165, 1.54) is 16.8 Å². The van der Waals surface area contributed by atoms with Crippen molar-refractivity contribution >= 4 is 17.6 Å². The summed E-state index contributed by atoms with van der Waals surface area (Å²) in [7, 11) is 3.22. The fraction of sp³-hybridized carbons (Fsp3) is 0.297. The summed E-state index contributed by atoms with van der Waals surface area (Å²) in [5, 5.41) is 32.9. The number of esters is 1. The number of nitrogen functional groups attached to an aromatic ring is 1. The van der Waals surface area contributed by atoms with E-state index in [0.717, 1.165) is 37.9 Å². The normalized spacial score (nSPS) is 21.5. The topological polar surface area (TPSA) is 318 Å². The van der Waals surface area contributed by atoms with Gasteiger partial charge >= 0.3 is 17.3 Å². The number of hydrogen-bond acceptors (Lipinski definition) is 17. The number of carbonyl (C=O) groups excluding carboxylic acids is 1. The maximum atomic E-state index is 14.4. The summed E-state index contributed by atoms with van der Waals surface area (Å²) in [6, 6.07) is 57.7. The molecule has 0 aliphatic carbocycles. The van der Waals surface area contributed by atoms with Gasteiger partial charge in [0.25, 0.3) is 0 Å². The van der Waals surface area contributed by atoms with E-state index in [2.05, 4.69) is 35.3 Å². The van der Waals surface area contributed by atoms with Crippen molar-refractivity contribution in [2.75, 3.05) is 38.5 Å². The minimum atomic E-state index is -1.96. The van der Waals surface area contributed by atoms with Gasteiger partial charge < -0.3 is 49.7 Å². The van der Waals surface area contributed by atoms with Crippen molar-refractivity contribution in [3.05, 3.63) is 270 Å². The molecule has 0 unspecified atom stereocenters. The highest BCUT2D eigenvalue weighted by Gasteiger charge is 2.59. The van der Waals surface area contributed by atoms with Crippen molar-refractivity contribution in [1.82, 2.24) is 19.1 Å². The number of benzene rings is 6. The number of nitrogens with two attached hydrogens (primary N) is 1. The molecule has 0 bridgehead atoms. The maximum Gasteiger partial charge on any atom is 0.351 e. The van der Waals surface area contributed by atoms with Gasteiger partial charge in [0.15, 0.2) is 5.72 Å². The van der Waals surface area contributed by atoms with Crippen LogP contribution >= 0.6 is 0 Å². The Hall–Kier alpha value is -9.83. The van der Waals surface area contributed by atoms with Crippen LogP contribution in [-0.4, -0.2) is 86.4 Å². The van der Waals surface area contributed by atoms with Crippen molar-refractivity contribution in [1.29, 1.82) is 0 Å². The number of nitrogens with one attached hydrogen (secondary N) is 1. The number of ether oxygens (including phenoxy) is 6. The predicted molar refractivity (Wildman–Crippen MR) is 323 cm³/mol. The van der Waals surface area contributed by atoms with Gasteiger partial charge in [0, 0.05) is 34.1 Å². The zero-order chi connectivity index (χ0) is 61.9. The summed E-state index contributed by atoms with van der Waals surface area (Å²) < 4.78 is 38.2. The van der Waals surface area contributed by atoms with E-state index in [1.54, 1.807) is 47.3 Å². The number of aliphatic hydroxyl groups excluding tert-OH is 2. The smallest absolute Gasteiger partial charge is 0.351 e. The third-order valence-electron chi connectivity index (χ3n) is 15.6. The standard InChI is InChI=1S/C50H46N6O6.C14H20N6O5/c1-35-45(61-50(39-20-12-6-13-21-39,40-22-14-7-15-23-40)41-26-30-43(60-3)31-27-41)48(34-57,54-55-51)62-46(35)56-33-32-44(52-47(56)58)53-49(36-16-8-4-9-17-36,37-18-10-5-11-19-37)38-24-28-42(59-2)29-25-38;1-7(2)12(22)24-6-14(18-19-16)10(21)8(3)11(25-14)20-5-4-9(15)17-13(20)23/h4-33,35,45-46,57H,34H2,1-3H3,(H,52,53,58);4-5,7-8,10-11,21H,6H2,1-3H3,(H2,15,17,23)/t35-,45-,46+,48+;8-,10-,11+,14+/m00/s1. The molecule has 10 rings (SSSR count). The van der Waals surface area contributed by atoms with Gasteiger partial charge in [-0.15, -0.1) is 0 Å². The van der Waals surface area contributed by atoms with Crippen LogP contribution in [0.4, 0.5) is 11.6 Å². The Bertz CT molecular complexity index is 3770. The summed E-state index contributed by atoms with van der Waals surface area (Å²) in [6.45, 7) is 5.50. The van der Waals surface area contributed by atoms with Gasteiger partial charge in [-0.2, -0.15) is 9.97 Å². The lowest BCUT2D eigenvalue weighted by Gasteiger charge is -2.42. The molecule has 8 aromatic rings.